The molecule has 1 atom stereocenters. The molecule has 8 heteroatoms. The zero-order valence-electron chi connectivity index (χ0n) is 15.2. The van der Waals surface area contributed by atoms with Gasteiger partial charge in [0.25, 0.3) is 10.0 Å². The van der Waals surface area contributed by atoms with Crippen LogP contribution in [0, 0.1) is 0 Å². The van der Waals surface area contributed by atoms with Crippen LogP contribution >= 0.6 is 11.8 Å². The third kappa shape index (κ3) is 4.17. The highest BCUT2D eigenvalue weighted by Crippen LogP contribution is 2.39. The summed E-state index contributed by atoms with van der Waals surface area (Å²) in [5.41, 5.74) is 1.49. The molecule has 0 fully saturated rings. The van der Waals surface area contributed by atoms with Gasteiger partial charge in [0.05, 0.1) is 10.6 Å². The molecule has 2 aromatic carbocycles. The van der Waals surface area contributed by atoms with Gasteiger partial charge in [0.1, 0.15) is 0 Å². The van der Waals surface area contributed by atoms with Crippen LogP contribution < -0.4 is 9.62 Å². The van der Waals surface area contributed by atoms with Crippen molar-refractivity contribution in [1.29, 1.82) is 0 Å². The van der Waals surface area contributed by atoms with Crippen molar-refractivity contribution < 1.29 is 18.0 Å². The smallest absolute Gasteiger partial charge is 0.261 e. The molecule has 1 amide bonds. The van der Waals surface area contributed by atoms with Crippen LogP contribution in [-0.4, -0.2) is 31.9 Å². The van der Waals surface area contributed by atoms with Crippen LogP contribution in [0.4, 0.5) is 11.4 Å². The first kappa shape index (κ1) is 19.4. The van der Waals surface area contributed by atoms with Gasteiger partial charge in [0.2, 0.25) is 5.91 Å². The zero-order chi connectivity index (χ0) is 19.8. The molecule has 0 aliphatic carbocycles. The second kappa shape index (κ2) is 7.36. The first-order valence-corrected chi connectivity index (χ1v) is 10.8. The lowest BCUT2D eigenvalue weighted by atomic mass is 10.1. The average Bonchev–Trinajstić information content (AvgIpc) is 2.60. The molecular weight excluding hydrogens is 384 g/mol. The highest BCUT2D eigenvalue weighted by molar-refractivity contribution is 8.00. The van der Waals surface area contributed by atoms with Crippen molar-refractivity contribution in [3.05, 3.63) is 48.0 Å². The van der Waals surface area contributed by atoms with Crippen molar-refractivity contribution in [2.75, 3.05) is 16.2 Å². The topological polar surface area (TPSA) is 83.6 Å². The van der Waals surface area contributed by atoms with Gasteiger partial charge in [-0.3, -0.25) is 14.3 Å². The molecule has 1 aliphatic rings. The largest absolute Gasteiger partial charge is 0.310 e. The van der Waals surface area contributed by atoms with Crippen LogP contribution in [-0.2, 0) is 14.8 Å². The van der Waals surface area contributed by atoms with Crippen molar-refractivity contribution in [3.8, 4) is 0 Å². The minimum absolute atomic E-state index is 0.0818. The summed E-state index contributed by atoms with van der Waals surface area (Å²) in [5.74, 6) is -0.208. The third-order valence-electron chi connectivity index (χ3n) is 4.22. The zero-order valence-corrected chi connectivity index (χ0v) is 16.9. The molecular formula is C19H20N2O4S2. The third-order valence-corrected chi connectivity index (χ3v) is 6.75. The van der Waals surface area contributed by atoms with Crippen LogP contribution in [0.1, 0.15) is 31.1 Å². The lowest BCUT2D eigenvalue weighted by molar-refractivity contribution is -0.116. The van der Waals surface area contributed by atoms with E-state index >= 15 is 0 Å². The number of nitrogens with one attached hydrogen (secondary N) is 1. The lowest BCUT2D eigenvalue weighted by Crippen LogP contribution is -2.37. The molecule has 2 aromatic rings. The average molecular weight is 405 g/mol. The predicted molar refractivity (Wildman–Crippen MR) is 107 cm³/mol. The number of fused-ring (bicyclic) bond motifs is 1. The fourth-order valence-electron chi connectivity index (χ4n) is 2.87. The standard InChI is InChI=1S/C19H20N2O4S2/c1-12-11-21(14(3)23)18-10-17(8-9-19(18)26-12)27(24,25)20-16-6-4-15(5-7-16)13(2)22/h4-10,12,20H,11H2,1-3H3/t12-/m0/s1. The van der Waals surface area contributed by atoms with Crippen LogP contribution in [0.25, 0.3) is 0 Å². The number of hydrogen-bond donors (Lipinski definition) is 1. The van der Waals surface area contributed by atoms with Crippen molar-refractivity contribution in [1.82, 2.24) is 0 Å². The van der Waals surface area contributed by atoms with E-state index in [0.717, 1.165) is 4.90 Å². The van der Waals surface area contributed by atoms with Gasteiger partial charge < -0.3 is 4.90 Å². The highest BCUT2D eigenvalue weighted by Gasteiger charge is 2.27. The van der Waals surface area contributed by atoms with Crippen molar-refractivity contribution >= 4 is 44.9 Å². The maximum absolute atomic E-state index is 12.8. The molecule has 1 heterocycles. The summed E-state index contributed by atoms with van der Waals surface area (Å²) in [6.45, 7) is 5.49. The number of carbonyl (C=O) groups excluding carboxylic acids is 2. The molecule has 0 aromatic heterocycles. The minimum atomic E-state index is -3.82. The Morgan fingerprint density at radius 3 is 2.37 bits per heavy atom. The molecule has 0 unspecified atom stereocenters. The summed E-state index contributed by atoms with van der Waals surface area (Å²) in [5, 5.41) is 0.238. The van der Waals surface area contributed by atoms with E-state index in [1.165, 1.54) is 26.0 Å². The van der Waals surface area contributed by atoms with E-state index in [1.54, 1.807) is 47.0 Å². The number of benzene rings is 2. The summed E-state index contributed by atoms with van der Waals surface area (Å²) in [6.07, 6.45) is 0. The fourth-order valence-corrected chi connectivity index (χ4v) is 5.04. The van der Waals surface area contributed by atoms with Crippen LogP contribution in [0.3, 0.4) is 0 Å². The molecule has 3 rings (SSSR count). The molecule has 0 saturated carbocycles. The number of anilines is 2. The normalized spacial score (nSPS) is 16.6. The number of carbonyl (C=O) groups is 2. The van der Waals surface area contributed by atoms with Gasteiger partial charge in [-0.05, 0) is 49.4 Å². The summed E-state index contributed by atoms with van der Waals surface area (Å²) in [4.78, 5) is 25.9. The second-order valence-electron chi connectivity index (χ2n) is 6.43. The van der Waals surface area contributed by atoms with E-state index in [0.29, 0.717) is 23.5 Å². The molecule has 27 heavy (non-hydrogen) atoms. The molecule has 0 bridgehead atoms. The number of sulfonamides is 1. The SMILES string of the molecule is CC(=O)c1ccc(NS(=O)(=O)c2ccc3c(c2)N(C(C)=O)C[C@H](C)S3)cc1. The lowest BCUT2D eigenvalue weighted by Gasteiger charge is -2.32. The summed E-state index contributed by atoms with van der Waals surface area (Å²) in [6, 6.07) is 11.0. The highest BCUT2D eigenvalue weighted by atomic mass is 32.2. The van der Waals surface area contributed by atoms with E-state index in [2.05, 4.69) is 4.72 Å². The Labute approximate surface area is 163 Å². The Hall–Kier alpha value is -2.32. The van der Waals surface area contributed by atoms with Gasteiger partial charge in [0.15, 0.2) is 5.78 Å². The number of Topliss-reactive ketones (excluding diaryl/α,β-unsaturated/α-hetero) is 1. The first-order chi connectivity index (χ1) is 12.7. The van der Waals surface area contributed by atoms with Gasteiger partial charge >= 0.3 is 0 Å². The Bertz CT molecular complexity index is 1000. The Morgan fingerprint density at radius 2 is 1.78 bits per heavy atom. The molecule has 1 aliphatic heterocycles. The molecule has 1 N–H and O–H groups in total. The fraction of sp³-hybridized carbons (Fsp3) is 0.263. The van der Waals surface area contributed by atoms with Gasteiger partial charge in [0, 0.05) is 34.9 Å². The Morgan fingerprint density at radius 1 is 1.11 bits per heavy atom. The van der Waals surface area contributed by atoms with E-state index < -0.39 is 10.0 Å². The summed E-state index contributed by atoms with van der Waals surface area (Å²) >= 11 is 1.62. The van der Waals surface area contributed by atoms with Crippen molar-refractivity contribution in [2.24, 2.45) is 0 Å². The van der Waals surface area contributed by atoms with Crippen LogP contribution in [0.5, 0.6) is 0 Å². The van der Waals surface area contributed by atoms with Gasteiger partial charge in [-0.15, -0.1) is 11.8 Å². The second-order valence-corrected chi connectivity index (χ2v) is 9.59. The monoisotopic (exact) mass is 404 g/mol. The molecule has 6 nitrogen and oxygen atoms in total. The van der Waals surface area contributed by atoms with E-state index in [9.17, 15) is 18.0 Å². The predicted octanol–water partition coefficient (Wildman–Crippen LogP) is 3.54. The van der Waals surface area contributed by atoms with Crippen molar-refractivity contribution in [3.63, 3.8) is 0 Å². The maximum atomic E-state index is 12.8. The molecule has 142 valence electrons. The number of amides is 1. The Balaban J connectivity index is 1.92. The molecule has 0 radical (unpaired) electrons. The number of hydrogen-bond acceptors (Lipinski definition) is 5. The molecule has 0 saturated heterocycles. The first-order valence-electron chi connectivity index (χ1n) is 8.40. The summed E-state index contributed by atoms with van der Waals surface area (Å²) < 4.78 is 28.0. The van der Waals surface area contributed by atoms with Gasteiger partial charge in [-0.2, -0.15) is 0 Å². The van der Waals surface area contributed by atoms with Gasteiger partial charge in [-0.25, -0.2) is 8.42 Å². The minimum Gasteiger partial charge on any atom is -0.310 e. The van der Waals surface area contributed by atoms with Gasteiger partial charge in [-0.1, -0.05) is 6.92 Å². The van der Waals surface area contributed by atoms with Crippen LogP contribution in [0.2, 0.25) is 0 Å². The van der Waals surface area contributed by atoms with E-state index in [1.807, 2.05) is 6.92 Å². The number of thioether (sulfide) groups is 1. The van der Waals surface area contributed by atoms with E-state index in [4.69, 9.17) is 0 Å². The number of ketones is 1. The Kier molecular flexibility index (Phi) is 5.30. The number of nitrogens with zero attached hydrogens (tertiary/aromatic N) is 1. The maximum Gasteiger partial charge on any atom is 0.261 e. The molecule has 0 spiro atoms. The quantitative estimate of drug-likeness (QED) is 0.788. The van der Waals surface area contributed by atoms with E-state index in [-0.39, 0.29) is 21.8 Å². The van der Waals surface area contributed by atoms with Crippen molar-refractivity contribution in [2.45, 2.75) is 35.8 Å². The van der Waals surface area contributed by atoms with Crippen LogP contribution in [0.15, 0.2) is 52.3 Å². The summed E-state index contributed by atoms with van der Waals surface area (Å²) in [7, 11) is -3.82. The number of rotatable bonds is 4.